The van der Waals surface area contributed by atoms with E-state index in [0.29, 0.717) is 10.9 Å². The molecule has 2 amide bonds. The molecule has 0 saturated carbocycles. The molecule has 1 aliphatic heterocycles. The molecule has 0 spiro atoms. The number of nitrogens with zero attached hydrogens (tertiary/aromatic N) is 2. The predicted molar refractivity (Wildman–Crippen MR) is 87.6 cm³/mol. The van der Waals surface area contributed by atoms with Gasteiger partial charge in [-0.1, -0.05) is 0 Å². The van der Waals surface area contributed by atoms with E-state index < -0.39 is 43.3 Å². The number of nitrogens with one attached hydrogen (secondary N) is 2. The summed E-state index contributed by atoms with van der Waals surface area (Å²) in [6.07, 6.45) is -0.702. The Morgan fingerprint density at radius 3 is 2.85 bits per heavy atom. The molecule has 134 valence electrons. The minimum absolute atomic E-state index is 0.251. The van der Waals surface area contributed by atoms with Crippen LogP contribution in [0.4, 0.5) is 8.78 Å². The van der Waals surface area contributed by atoms with Gasteiger partial charge in [0.2, 0.25) is 11.5 Å². The molecule has 2 aromatic rings. The summed E-state index contributed by atoms with van der Waals surface area (Å²) >= 11 is 0. The molecule has 26 heavy (non-hydrogen) atoms. The van der Waals surface area contributed by atoms with Crippen molar-refractivity contribution in [2.24, 2.45) is 0 Å². The first-order valence-electron chi connectivity index (χ1n) is 7.77. The summed E-state index contributed by atoms with van der Waals surface area (Å²) in [5.74, 6) is -4.41. The van der Waals surface area contributed by atoms with Crippen molar-refractivity contribution in [1.82, 2.24) is 15.2 Å². The molecule has 1 saturated heterocycles. The maximum Gasteiger partial charge on any atom is 0.268 e. The number of halogens is 2. The number of amides is 2. The lowest BCUT2D eigenvalue weighted by Gasteiger charge is -2.19. The maximum absolute atomic E-state index is 13.4. The van der Waals surface area contributed by atoms with Gasteiger partial charge in [-0.2, -0.15) is 5.26 Å². The van der Waals surface area contributed by atoms with Crippen LogP contribution in [0.2, 0.25) is 0 Å². The summed E-state index contributed by atoms with van der Waals surface area (Å²) in [5.41, 5.74) is 0.539. The molecular formula is C17H14F2N4O3. The predicted octanol–water partition coefficient (Wildman–Crippen LogP) is 1.02. The van der Waals surface area contributed by atoms with Crippen LogP contribution in [0.3, 0.4) is 0 Å². The third kappa shape index (κ3) is 3.54. The lowest BCUT2D eigenvalue weighted by Crippen LogP contribution is -2.42. The van der Waals surface area contributed by atoms with Gasteiger partial charge in [-0.25, -0.2) is 8.78 Å². The van der Waals surface area contributed by atoms with Crippen molar-refractivity contribution >= 4 is 22.7 Å². The third-order valence-corrected chi connectivity index (χ3v) is 4.13. The van der Waals surface area contributed by atoms with Crippen LogP contribution in [0.5, 0.6) is 0 Å². The molecular weight excluding hydrogens is 346 g/mol. The van der Waals surface area contributed by atoms with E-state index in [0.717, 1.165) is 4.90 Å². The number of hydrogen-bond donors (Lipinski definition) is 2. The van der Waals surface area contributed by atoms with Crippen molar-refractivity contribution in [3.05, 3.63) is 46.2 Å². The van der Waals surface area contributed by atoms with Gasteiger partial charge < -0.3 is 15.2 Å². The molecule has 1 atom stereocenters. The number of likely N-dealkylation sites (tertiary alicyclic amines) is 1. The average Bonchev–Trinajstić information content (AvgIpc) is 2.93. The first-order valence-corrected chi connectivity index (χ1v) is 7.77. The topological polar surface area (TPSA) is 106 Å². The van der Waals surface area contributed by atoms with Crippen LogP contribution < -0.4 is 10.9 Å². The van der Waals surface area contributed by atoms with Crippen molar-refractivity contribution in [3.63, 3.8) is 0 Å². The Morgan fingerprint density at radius 2 is 2.12 bits per heavy atom. The number of aromatic amines is 1. The van der Waals surface area contributed by atoms with Gasteiger partial charge in [0, 0.05) is 23.6 Å². The number of carbonyl (C=O) groups is 2. The zero-order chi connectivity index (χ0) is 18.9. The Hall–Kier alpha value is -3.28. The molecule has 2 N–H and O–H groups in total. The van der Waals surface area contributed by atoms with Crippen LogP contribution in [0.25, 0.3) is 10.9 Å². The summed E-state index contributed by atoms with van der Waals surface area (Å²) in [6.45, 7) is -1.32. The summed E-state index contributed by atoms with van der Waals surface area (Å²) in [4.78, 5) is 38.9. The van der Waals surface area contributed by atoms with E-state index in [9.17, 15) is 23.2 Å². The summed E-state index contributed by atoms with van der Waals surface area (Å²) in [6, 6.07) is 7.92. The zero-order valence-corrected chi connectivity index (χ0v) is 13.5. The Bertz CT molecular complexity index is 980. The number of hydrogen-bond acceptors (Lipinski definition) is 4. The standard InChI is InChI=1S/C17H14F2N4O3/c18-17(19)6-12(7-20)23(9-17)15(25)8-21-16(26)11-1-3-13-10(5-11)2-4-14(24)22-13/h1-5,12H,6,8-9H2,(H,21,26)(H,22,24). The van der Waals surface area contributed by atoms with E-state index in [1.807, 2.05) is 0 Å². The van der Waals surface area contributed by atoms with E-state index >= 15 is 0 Å². The molecule has 3 rings (SSSR count). The number of H-pyrrole nitrogens is 1. The number of aromatic nitrogens is 1. The van der Waals surface area contributed by atoms with Crippen LogP contribution in [0.15, 0.2) is 35.1 Å². The van der Waals surface area contributed by atoms with Crippen molar-refractivity contribution in [2.75, 3.05) is 13.1 Å². The fourth-order valence-electron chi connectivity index (χ4n) is 2.85. The number of rotatable bonds is 3. The first-order chi connectivity index (χ1) is 12.3. The fourth-order valence-corrected chi connectivity index (χ4v) is 2.85. The number of pyridine rings is 1. The van der Waals surface area contributed by atoms with E-state index in [2.05, 4.69) is 10.3 Å². The molecule has 0 aliphatic carbocycles. The first kappa shape index (κ1) is 17.5. The Kier molecular flexibility index (Phi) is 4.42. The van der Waals surface area contributed by atoms with E-state index in [1.54, 1.807) is 18.2 Å². The summed E-state index contributed by atoms with van der Waals surface area (Å²) < 4.78 is 26.7. The fraction of sp³-hybridized carbons (Fsp3) is 0.294. The van der Waals surface area contributed by atoms with Crippen molar-refractivity contribution < 1.29 is 18.4 Å². The van der Waals surface area contributed by atoms with E-state index in [4.69, 9.17) is 5.26 Å². The SMILES string of the molecule is N#CC1CC(F)(F)CN1C(=O)CNC(=O)c1ccc2[nH]c(=O)ccc2c1. The van der Waals surface area contributed by atoms with E-state index in [-0.39, 0.29) is 11.1 Å². The van der Waals surface area contributed by atoms with Gasteiger partial charge in [-0.05, 0) is 29.7 Å². The molecule has 1 aliphatic rings. The lowest BCUT2D eigenvalue weighted by molar-refractivity contribution is -0.131. The zero-order valence-electron chi connectivity index (χ0n) is 13.5. The number of benzene rings is 1. The van der Waals surface area contributed by atoms with Gasteiger partial charge in [-0.3, -0.25) is 14.4 Å². The second-order valence-electron chi connectivity index (χ2n) is 6.03. The van der Waals surface area contributed by atoms with Gasteiger partial charge >= 0.3 is 0 Å². The second kappa shape index (κ2) is 6.55. The Morgan fingerprint density at radius 1 is 1.35 bits per heavy atom. The minimum Gasteiger partial charge on any atom is -0.343 e. The maximum atomic E-state index is 13.4. The average molecular weight is 360 g/mol. The quantitative estimate of drug-likeness (QED) is 0.852. The van der Waals surface area contributed by atoms with Crippen LogP contribution in [0.1, 0.15) is 16.8 Å². The highest BCUT2D eigenvalue weighted by Crippen LogP contribution is 2.31. The van der Waals surface area contributed by atoms with Crippen LogP contribution in [-0.2, 0) is 4.79 Å². The van der Waals surface area contributed by atoms with Gasteiger partial charge in [0.1, 0.15) is 6.04 Å². The normalized spacial score (nSPS) is 18.5. The molecule has 1 fully saturated rings. The highest BCUT2D eigenvalue weighted by Gasteiger charge is 2.47. The molecule has 1 aromatic heterocycles. The second-order valence-corrected chi connectivity index (χ2v) is 6.03. The number of alkyl halides is 2. The highest BCUT2D eigenvalue weighted by molar-refractivity contribution is 5.99. The van der Waals surface area contributed by atoms with Crippen molar-refractivity contribution in [2.45, 2.75) is 18.4 Å². The molecule has 0 radical (unpaired) electrons. The van der Waals surface area contributed by atoms with Gasteiger partial charge in [0.15, 0.2) is 0 Å². The Balaban J connectivity index is 1.67. The van der Waals surface area contributed by atoms with Crippen LogP contribution >= 0.6 is 0 Å². The largest absolute Gasteiger partial charge is 0.343 e. The monoisotopic (exact) mass is 360 g/mol. The van der Waals surface area contributed by atoms with Crippen molar-refractivity contribution in [3.8, 4) is 6.07 Å². The Labute approximate surface area is 146 Å². The molecule has 7 nitrogen and oxygen atoms in total. The molecule has 9 heteroatoms. The summed E-state index contributed by atoms with van der Waals surface area (Å²) in [5, 5.41) is 11.9. The molecule has 2 heterocycles. The lowest BCUT2D eigenvalue weighted by atomic mass is 10.1. The molecule has 0 bridgehead atoms. The van der Waals surface area contributed by atoms with Gasteiger partial charge in [0.25, 0.3) is 11.8 Å². The number of nitriles is 1. The van der Waals surface area contributed by atoms with Crippen LogP contribution in [-0.4, -0.2) is 46.8 Å². The minimum atomic E-state index is -3.10. The highest BCUT2D eigenvalue weighted by atomic mass is 19.3. The van der Waals surface area contributed by atoms with E-state index in [1.165, 1.54) is 18.2 Å². The smallest absolute Gasteiger partial charge is 0.268 e. The van der Waals surface area contributed by atoms with Gasteiger partial charge in [-0.15, -0.1) is 0 Å². The summed E-state index contributed by atoms with van der Waals surface area (Å²) in [7, 11) is 0. The van der Waals surface area contributed by atoms with Crippen LogP contribution in [0, 0.1) is 11.3 Å². The number of carbonyl (C=O) groups excluding carboxylic acids is 2. The number of fused-ring (bicyclic) bond motifs is 1. The molecule has 1 unspecified atom stereocenters. The molecule has 1 aromatic carbocycles. The van der Waals surface area contributed by atoms with Gasteiger partial charge in [0.05, 0.1) is 19.2 Å². The van der Waals surface area contributed by atoms with Crippen molar-refractivity contribution in [1.29, 1.82) is 5.26 Å². The third-order valence-electron chi connectivity index (χ3n) is 4.13.